The Morgan fingerprint density at radius 1 is 1.46 bits per heavy atom. The third-order valence-corrected chi connectivity index (χ3v) is 5.28. The molecule has 1 aliphatic rings. The van der Waals surface area contributed by atoms with Crippen LogP contribution in [-0.2, 0) is 11.3 Å². The Bertz CT molecular complexity index is 683. The molecule has 0 unspecified atom stereocenters. The molecule has 1 amide bonds. The van der Waals surface area contributed by atoms with E-state index in [2.05, 4.69) is 20.0 Å². The monoisotopic (exact) mass is 348 g/mol. The first-order valence-electron chi connectivity index (χ1n) is 8.29. The minimum Gasteiger partial charge on any atom is -0.294 e. The zero-order valence-electron chi connectivity index (χ0n) is 14.5. The number of piperidine rings is 1. The number of likely N-dealkylation sites (N-methyl/N-ethyl adjacent to an activating group) is 1. The van der Waals surface area contributed by atoms with Crippen LogP contribution < -0.4 is 4.90 Å². The van der Waals surface area contributed by atoms with Gasteiger partial charge < -0.3 is 0 Å². The van der Waals surface area contributed by atoms with E-state index in [0.29, 0.717) is 12.5 Å². The molecule has 24 heavy (non-hydrogen) atoms. The fourth-order valence-corrected chi connectivity index (χ4v) is 3.83. The van der Waals surface area contributed by atoms with Crippen LogP contribution in [0.3, 0.4) is 0 Å². The van der Waals surface area contributed by atoms with E-state index in [9.17, 15) is 4.79 Å². The number of hydrogen-bond acceptors (Lipinski definition) is 6. The molecule has 3 rings (SSSR count). The molecule has 0 aliphatic carbocycles. The number of rotatable bonds is 5. The van der Waals surface area contributed by atoms with Crippen molar-refractivity contribution in [2.24, 2.45) is 5.92 Å². The molecule has 130 valence electrons. The van der Waals surface area contributed by atoms with Crippen LogP contribution >= 0.6 is 11.3 Å². The molecular formula is C16H24N6OS. The summed E-state index contributed by atoms with van der Waals surface area (Å²) < 4.78 is 1.99. The molecule has 1 atom stereocenters. The lowest BCUT2D eigenvalue weighted by atomic mass is 9.98. The zero-order valence-corrected chi connectivity index (χ0v) is 15.3. The highest BCUT2D eigenvalue weighted by atomic mass is 32.1. The predicted molar refractivity (Wildman–Crippen MR) is 94.2 cm³/mol. The first kappa shape index (κ1) is 17.0. The smallest absolute Gasteiger partial charge is 0.242 e. The minimum absolute atomic E-state index is 0.0957. The number of carbonyl (C=O) groups excluding carboxylic acids is 1. The van der Waals surface area contributed by atoms with Gasteiger partial charge in [0.25, 0.3) is 0 Å². The topological polar surface area (TPSA) is 67.2 Å². The van der Waals surface area contributed by atoms with E-state index in [-0.39, 0.29) is 5.91 Å². The molecule has 0 N–H and O–H groups in total. The Labute approximate surface area is 146 Å². The van der Waals surface area contributed by atoms with E-state index in [0.717, 1.165) is 42.8 Å². The third kappa shape index (κ3) is 3.99. The summed E-state index contributed by atoms with van der Waals surface area (Å²) in [5.74, 6) is 2.39. The first-order chi connectivity index (χ1) is 11.5. The second kappa shape index (κ2) is 7.40. The Hall–Kier alpha value is -1.80. The summed E-state index contributed by atoms with van der Waals surface area (Å²) in [4.78, 5) is 24.9. The van der Waals surface area contributed by atoms with Gasteiger partial charge in [-0.05, 0) is 39.2 Å². The van der Waals surface area contributed by atoms with Crippen LogP contribution in [0.4, 0.5) is 5.13 Å². The number of likely N-dealkylation sites (tertiary alicyclic amines) is 1. The lowest BCUT2D eigenvalue weighted by Gasteiger charge is -2.33. The maximum absolute atomic E-state index is 12.5. The number of thiazole rings is 1. The summed E-state index contributed by atoms with van der Waals surface area (Å²) >= 11 is 1.48. The van der Waals surface area contributed by atoms with Crippen molar-refractivity contribution in [1.29, 1.82) is 0 Å². The van der Waals surface area contributed by atoms with E-state index in [4.69, 9.17) is 0 Å². The largest absolute Gasteiger partial charge is 0.294 e. The van der Waals surface area contributed by atoms with Gasteiger partial charge in [-0.1, -0.05) is 0 Å². The molecule has 3 heterocycles. The number of hydrogen-bond donors (Lipinski definition) is 0. The minimum atomic E-state index is 0.0957. The molecule has 0 aromatic carbocycles. The van der Waals surface area contributed by atoms with Gasteiger partial charge in [-0.3, -0.25) is 14.6 Å². The molecule has 1 saturated heterocycles. The molecule has 1 aliphatic heterocycles. The van der Waals surface area contributed by atoms with Gasteiger partial charge in [-0.25, -0.2) is 14.6 Å². The molecule has 7 nitrogen and oxygen atoms in total. The average Bonchev–Trinajstić information content (AvgIpc) is 3.17. The molecule has 0 bridgehead atoms. The first-order valence-corrected chi connectivity index (χ1v) is 9.17. The summed E-state index contributed by atoms with van der Waals surface area (Å²) in [6, 6.07) is 0. The fourth-order valence-electron chi connectivity index (χ4n) is 3.21. The summed E-state index contributed by atoms with van der Waals surface area (Å²) in [6.07, 6.45) is 4.01. The van der Waals surface area contributed by atoms with Crippen molar-refractivity contribution in [3.05, 3.63) is 23.2 Å². The van der Waals surface area contributed by atoms with Gasteiger partial charge in [0.2, 0.25) is 5.91 Å². The van der Waals surface area contributed by atoms with E-state index in [1.54, 1.807) is 18.1 Å². The molecule has 2 aromatic heterocycles. The van der Waals surface area contributed by atoms with Crippen molar-refractivity contribution in [2.45, 2.75) is 33.2 Å². The van der Waals surface area contributed by atoms with Crippen molar-refractivity contribution in [3.8, 4) is 0 Å². The van der Waals surface area contributed by atoms with Crippen molar-refractivity contribution in [1.82, 2.24) is 24.6 Å². The van der Waals surface area contributed by atoms with Crippen LogP contribution in [0.1, 0.15) is 24.5 Å². The maximum atomic E-state index is 12.5. The molecule has 0 radical (unpaired) electrons. The number of amides is 1. The Morgan fingerprint density at radius 3 is 2.96 bits per heavy atom. The van der Waals surface area contributed by atoms with Crippen LogP contribution in [0.2, 0.25) is 0 Å². The normalized spacial score (nSPS) is 18.7. The number of carbonyl (C=O) groups is 1. The van der Waals surface area contributed by atoms with Crippen LogP contribution in [-0.4, -0.2) is 57.2 Å². The van der Waals surface area contributed by atoms with Gasteiger partial charge in [0.15, 0.2) is 5.13 Å². The van der Waals surface area contributed by atoms with Crippen molar-refractivity contribution >= 4 is 22.4 Å². The highest BCUT2D eigenvalue weighted by Gasteiger charge is 2.24. The third-order valence-electron chi connectivity index (χ3n) is 4.44. The van der Waals surface area contributed by atoms with Gasteiger partial charge in [0.05, 0.1) is 6.54 Å². The molecule has 0 spiro atoms. The number of anilines is 1. The van der Waals surface area contributed by atoms with Crippen LogP contribution in [0.25, 0.3) is 0 Å². The average molecular weight is 348 g/mol. The molecule has 0 saturated carbocycles. The van der Waals surface area contributed by atoms with Crippen LogP contribution in [0, 0.1) is 19.8 Å². The summed E-state index contributed by atoms with van der Waals surface area (Å²) in [7, 11) is 1.80. The van der Waals surface area contributed by atoms with Gasteiger partial charge in [-0.2, -0.15) is 5.10 Å². The Kier molecular flexibility index (Phi) is 5.25. The Morgan fingerprint density at radius 2 is 2.29 bits per heavy atom. The second-order valence-corrected chi connectivity index (χ2v) is 7.27. The van der Waals surface area contributed by atoms with E-state index < -0.39 is 0 Å². The maximum Gasteiger partial charge on any atom is 0.242 e. The Balaban J connectivity index is 1.55. The van der Waals surface area contributed by atoms with E-state index in [1.165, 1.54) is 17.8 Å². The molecule has 1 fully saturated rings. The lowest BCUT2D eigenvalue weighted by Crippen LogP contribution is -2.44. The lowest BCUT2D eigenvalue weighted by molar-refractivity contribution is -0.119. The summed E-state index contributed by atoms with van der Waals surface area (Å²) in [5.41, 5.74) is 0. The number of aromatic nitrogens is 4. The molecule has 8 heteroatoms. The van der Waals surface area contributed by atoms with Gasteiger partial charge >= 0.3 is 0 Å². The second-order valence-electron chi connectivity index (χ2n) is 6.40. The SMILES string of the molecule is Cc1nc(C)n(C[C@@H]2CCCN(CC(=O)N(C)c3nccs3)C2)n1. The molecule has 2 aromatic rings. The standard InChI is InChI=1S/C16H24N6OS/c1-12-18-13(2)22(19-12)10-14-5-4-7-21(9-14)11-15(23)20(3)16-17-6-8-24-16/h6,8,14H,4-5,7,9-11H2,1-3H3/t14-/m1/s1. The van der Waals surface area contributed by atoms with Crippen molar-refractivity contribution in [2.75, 3.05) is 31.6 Å². The van der Waals surface area contributed by atoms with Gasteiger partial charge in [0, 0.05) is 31.7 Å². The van der Waals surface area contributed by atoms with E-state index in [1.807, 2.05) is 23.9 Å². The summed E-state index contributed by atoms with van der Waals surface area (Å²) in [5, 5.41) is 7.10. The molecular weight excluding hydrogens is 324 g/mol. The van der Waals surface area contributed by atoms with E-state index >= 15 is 0 Å². The zero-order chi connectivity index (χ0) is 17.1. The van der Waals surface area contributed by atoms with Gasteiger partial charge in [0.1, 0.15) is 11.6 Å². The highest BCUT2D eigenvalue weighted by Crippen LogP contribution is 2.20. The van der Waals surface area contributed by atoms with Gasteiger partial charge in [-0.15, -0.1) is 11.3 Å². The van der Waals surface area contributed by atoms with Crippen molar-refractivity contribution < 1.29 is 4.79 Å². The quantitative estimate of drug-likeness (QED) is 0.823. The van der Waals surface area contributed by atoms with Crippen molar-refractivity contribution in [3.63, 3.8) is 0 Å². The van der Waals surface area contributed by atoms with Crippen LogP contribution in [0.15, 0.2) is 11.6 Å². The summed E-state index contributed by atoms with van der Waals surface area (Å²) in [6.45, 7) is 7.14. The van der Waals surface area contributed by atoms with Crippen LogP contribution in [0.5, 0.6) is 0 Å². The fraction of sp³-hybridized carbons (Fsp3) is 0.625. The predicted octanol–water partition coefficient (Wildman–Crippen LogP) is 1.73. The number of nitrogens with zero attached hydrogens (tertiary/aromatic N) is 6. The highest BCUT2D eigenvalue weighted by molar-refractivity contribution is 7.13. The number of aryl methyl sites for hydroxylation is 2.